The molecule has 2 N–H and O–H groups in total. The average molecular weight is 502 g/mol. The van der Waals surface area contributed by atoms with Gasteiger partial charge in [0.05, 0.1) is 33.5 Å². The van der Waals surface area contributed by atoms with E-state index in [-0.39, 0.29) is 29.4 Å². The van der Waals surface area contributed by atoms with E-state index < -0.39 is 0 Å². The molecule has 156 valence electrons. The molecule has 1 aromatic carbocycles. The fourth-order valence-corrected chi connectivity index (χ4v) is 2.39. The zero-order valence-electron chi connectivity index (χ0n) is 17.5. The molecule has 0 aliphatic heterocycles. The summed E-state index contributed by atoms with van der Waals surface area (Å²) in [4.78, 5) is 8.95. The van der Waals surface area contributed by atoms with Gasteiger partial charge in [0.25, 0.3) is 0 Å². The van der Waals surface area contributed by atoms with Crippen molar-refractivity contribution in [1.82, 2.24) is 15.6 Å². The number of rotatable bonds is 7. The molecule has 0 unspecified atom stereocenters. The number of guanidine groups is 1. The first-order valence-corrected chi connectivity index (χ1v) is 9.05. The number of methoxy groups -OCH3 is 2. The van der Waals surface area contributed by atoms with Gasteiger partial charge in [0.2, 0.25) is 5.89 Å². The van der Waals surface area contributed by atoms with Crippen LogP contribution in [0.5, 0.6) is 11.5 Å². The number of nitrogens with one attached hydrogen (secondary N) is 2. The fraction of sp³-hybridized carbons (Fsp3) is 0.500. The van der Waals surface area contributed by atoms with E-state index in [2.05, 4.69) is 41.4 Å². The predicted octanol–water partition coefficient (Wildman–Crippen LogP) is 3.86. The molecule has 2 aromatic rings. The molecule has 0 atom stereocenters. The lowest BCUT2D eigenvalue weighted by molar-refractivity contribution is 0.354. The quantitative estimate of drug-likeness (QED) is 0.340. The molecule has 0 spiro atoms. The minimum absolute atomic E-state index is 0. The summed E-state index contributed by atoms with van der Waals surface area (Å²) in [5, 5.41) is 6.47. The van der Waals surface area contributed by atoms with E-state index in [4.69, 9.17) is 13.9 Å². The highest BCUT2D eigenvalue weighted by Gasteiger charge is 2.19. The van der Waals surface area contributed by atoms with E-state index >= 15 is 0 Å². The van der Waals surface area contributed by atoms with Gasteiger partial charge in [0, 0.05) is 12.0 Å². The zero-order valence-corrected chi connectivity index (χ0v) is 19.8. The first-order chi connectivity index (χ1) is 12.9. The summed E-state index contributed by atoms with van der Waals surface area (Å²) >= 11 is 0. The maximum atomic E-state index is 5.81. The van der Waals surface area contributed by atoms with E-state index in [1.807, 2.05) is 25.1 Å². The lowest BCUT2D eigenvalue weighted by Crippen LogP contribution is -2.36. The first kappa shape index (κ1) is 24.1. The van der Waals surface area contributed by atoms with Crippen LogP contribution in [-0.4, -0.2) is 31.7 Å². The van der Waals surface area contributed by atoms with E-state index in [0.717, 1.165) is 17.9 Å². The fourth-order valence-electron chi connectivity index (χ4n) is 2.39. The third-order valence-corrected chi connectivity index (χ3v) is 3.91. The molecule has 1 heterocycles. The summed E-state index contributed by atoms with van der Waals surface area (Å²) in [7, 11) is 3.25. The van der Waals surface area contributed by atoms with Crippen molar-refractivity contribution in [3.8, 4) is 11.5 Å². The van der Waals surface area contributed by atoms with Crippen LogP contribution in [0.2, 0.25) is 0 Å². The van der Waals surface area contributed by atoms with Crippen molar-refractivity contribution >= 4 is 29.9 Å². The lowest BCUT2D eigenvalue weighted by atomic mass is 9.94. The molecule has 0 aliphatic carbocycles. The summed E-state index contributed by atoms with van der Waals surface area (Å²) in [6, 6.07) is 5.78. The van der Waals surface area contributed by atoms with Crippen LogP contribution < -0.4 is 20.1 Å². The highest BCUT2D eigenvalue weighted by atomic mass is 127. The van der Waals surface area contributed by atoms with Crippen molar-refractivity contribution in [1.29, 1.82) is 0 Å². The molecular formula is C20H31IN4O3. The molecule has 0 bridgehead atoms. The number of hydrogen-bond donors (Lipinski definition) is 2. The Labute approximate surface area is 184 Å². The SMILES string of the molecule is CCNC(=NCc1ccc(OC)c(OC)c1)NCc1ncc(C(C)(C)C)o1.I. The normalized spacial score (nSPS) is 11.6. The highest BCUT2D eigenvalue weighted by molar-refractivity contribution is 14.0. The van der Waals surface area contributed by atoms with E-state index in [0.29, 0.717) is 36.4 Å². The van der Waals surface area contributed by atoms with Gasteiger partial charge in [-0.3, -0.25) is 0 Å². The number of halogens is 1. The molecule has 0 amide bonds. The molecular weight excluding hydrogens is 471 g/mol. The molecule has 0 saturated carbocycles. The Balaban J connectivity index is 0.00000392. The van der Waals surface area contributed by atoms with Crippen LogP contribution in [-0.2, 0) is 18.5 Å². The molecule has 8 heteroatoms. The maximum Gasteiger partial charge on any atom is 0.213 e. The third-order valence-electron chi connectivity index (χ3n) is 3.91. The van der Waals surface area contributed by atoms with E-state index in [1.165, 1.54) is 0 Å². The van der Waals surface area contributed by atoms with Gasteiger partial charge in [0.15, 0.2) is 17.5 Å². The van der Waals surface area contributed by atoms with Gasteiger partial charge in [-0.15, -0.1) is 24.0 Å². The Kier molecular flexibility index (Phi) is 9.57. The predicted molar refractivity (Wildman–Crippen MR) is 122 cm³/mol. The summed E-state index contributed by atoms with van der Waals surface area (Å²) in [5.74, 6) is 3.59. The average Bonchev–Trinajstić information content (AvgIpc) is 3.13. The number of nitrogens with zero attached hydrogens (tertiary/aromatic N) is 2. The van der Waals surface area contributed by atoms with Gasteiger partial charge < -0.3 is 24.5 Å². The van der Waals surface area contributed by atoms with Gasteiger partial charge in [-0.1, -0.05) is 26.8 Å². The minimum atomic E-state index is -0.0583. The van der Waals surface area contributed by atoms with Crippen molar-refractivity contribution in [3.05, 3.63) is 41.6 Å². The Hall–Kier alpha value is -1.97. The Morgan fingerprint density at radius 1 is 1.14 bits per heavy atom. The van der Waals surface area contributed by atoms with Gasteiger partial charge in [0.1, 0.15) is 5.76 Å². The van der Waals surface area contributed by atoms with Crippen molar-refractivity contribution < 1.29 is 13.9 Å². The second-order valence-corrected chi connectivity index (χ2v) is 7.11. The number of hydrogen-bond acceptors (Lipinski definition) is 5. The second-order valence-electron chi connectivity index (χ2n) is 7.11. The lowest BCUT2D eigenvalue weighted by Gasteiger charge is -2.13. The topological polar surface area (TPSA) is 80.9 Å². The standard InChI is InChI=1S/C20H30N4O3.HI/c1-7-21-19(24-13-18-22-12-17(27-18)20(2,3)4)23-11-14-8-9-15(25-5)16(10-14)26-6;/h8-10,12H,7,11,13H2,1-6H3,(H2,21,23,24);1H. The van der Waals surface area contributed by atoms with E-state index in [1.54, 1.807) is 20.4 Å². The monoisotopic (exact) mass is 502 g/mol. The van der Waals surface area contributed by atoms with Crippen LogP contribution in [0.15, 0.2) is 33.8 Å². The van der Waals surface area contributed by atoms with Crippen molar-refractivity contribution in [2.75, 3.05) is 20.8 Å². The number of ether oxygens (including phenoxy) is 2. The van der Waals surface area contributed by atoms with Gasteiger partial charge in [-0.2, -0.15) is 0 Å². The van der Waals surface area contributed by atoms with Crippen LogP contribution in [0, 0.1) is 0 Å². The molecule has 0 aliphatic rings. The number of oxazole rings is 1. The first-order valence-electron chi connectivity index (χ1n) is 9.05. The van der Waals surface area contributed by atoms with Crippen molar-refractivity contribution in [2.45, 2.75) is 46.2 Å². The number of aromatic nitrogens is 1. The smallest absolute Gasteiger partial charge is 0.213 e. The largest absolute Gasteiger partial charge is 0.493 e. The number of benzene rings is 1. The molecule has 7 nitrogen and oxygen atoms in total. The second kappa shape index (κ2) is 11.1. The van der Waals surface area contributed by atoms with Gasteiger partial charge in [-0.25, -0.2) is 9.98 Å². The Morgan fingerprint density at radius 2 is 1.86 bits per heavy atom. The van der Waals surface area contributed by atoms with Crippen molar-refractivity contribution in [3.63, 3.8) is 0 Å². The summed E-state index contributed by atoms with van der Waals surface area (Å²) in [5.41, 5.74) is 0.966. The van der Waals surface area contributed by atoms with Crippen LogP contribution in [0.25, 0.3) is 0 Å². The van der Waals surface area contributed by atoms with Crippen molar-refractivity contribution in [2.24, 2.45) is 4.99 Å². The highest BCUT2D eigenvalue weighted by Crippen LogP contribution is 2.27. The molecule has 28 heavy (non-hydrogen) atoms. The minimum Gasteiger partial charge on any atom is -0.493 e. The Morgan fingerprint density at radius 3 is 2.43 bits per heavy atom. The molecule has 2 rings (SSSR count). The van der Waals surface area contributed by atoms with Crippen LogP contribution in [0.3, 0.4) is 0 Å². The molecule has 0 radical (unpaired) electrons. The van der Waals surface area contributed by atoms with Gasteiger partial charge >= 0.3 is 0 Å². The molecule has 0 fully saturated rings. The Bertz CT molecular complexity index is 769. The molecule has 0 saturated heterocycles. The van der Waals surface area contributed by atoms with Crippen LogP contribution in [0.1, 0.15) is 44.9 Å². The maximum absolute atomic E-state index is 5.81. The van der Waals surface area contributed by atoms with Crippen LogP contribution in [0.4, 0.5) is 0 Å². The summed E-state index contributed by atoms with van der Waals surface area (Å²) in [6.45, 7) is 10.0. The summed E-state index contributed by atoms with van der Waals surface area (Å²) in [6.07, 6.45) is 1.78. The van der Waals surface area contributed by atoms with Gasteiger partial charge in [-0.05, 0) is 24.6 Å². The van der Waals surface area contributed by atoms with Crippen LogP contribution >= 0.6 is 24.0 Å². The summed E-state index contributed by atoms with van der Waals surface area (Å²) < 4.78 is 16.4. The number of aliphatic imine (C=N–C) groups is 1. The molecule has 1 aromatic heterocycles. The third kappa shape index (κ3) is 6.88. The van der Waals surface area contributed by atoms with E-state index in [9.17, 15) is 0 Å². The zero-order chi connectivity index (χ0) is 19.9.